The lowest BCUT2D eigenvalue weighted by molar-refractivity contribution is -0.385. The molecule has 4 rings (SSSR count). The maximum Gasteiger partial charge on any atom is 0.287 e. The average Bonchev–Trinajstić information content (AvgIpc) is 2.80. The van der Waals surface area contributed by atoms with Gasteiger partial charge in [0.25, 0.3) is 11.6 Å². The molecule has 0 saturated heterocycles. The minimum absolute atomic E-state index is 0.168. The summed E-state index contributed by atoms with van der Waals surface area (Å²) in [6, 6.07) is 14.4. The number of benzene rings is 2. The summed E-state index contributed by atoms with van der Waals surface area (Å²) in [5.41, 5.74) is 1.15. The number of anilines is 1. The van der Waals surface area contributed by atoms with Gasteiger partial charge < -0.3 is 14.8 Å². The summed E-state index contributed by atoms with van der Waals surface area (Å²) < 4.78 is 11.4. The molecule has 33 heavy (non-hydrogen) atoms. The second-order valence-electron chi connectivity index (χ2n) is 6.82. The van der Waals surface area contributed by atoms with E-state index in [1.165, 1.54) is 18.3 Å². The number of fused-ring (bicyclic) bond motifs is 1. The van der Waals surface area contributed by atoms with Crippen molar-refractivity contribution in [2.24, 2.45) is 0 Å². The monoisotopic (exact) mass is 465 g/mol. The van der Waals surface area contributed by atoms with Gasteiger partial charge in [-0.15, -0.1) is 0 Å². The molecule has 2 aromatic heterocycles. The molecule has 0 spiro atoms. The Kier molecular flexibility index (Phi) is 6.27. The molecule has 0 aliphatic carbocycles. The number of hydrogen-bond donors (Lipinski definition) is 1. The van der Waals surface area contributed by atoms with Crippen LogP contribution in [0.15, 0.2) is 67.0 Å². The normalized spacial score (nSPS) is 11.6. The fraction of sp³-hybridized carbons (Fsp3) is 0.0909. The van der Waals surface area contributed by atoms with Crippen molar-refractivity contribution in [1.29, 1.82) is 0 Å². The van der Waals surface area contributed by atoms with Crippen molar-refractivity contribution in [3.05, 3.63) is 82.1 Å². The van der Waals surface area contributed by atoms with Crippen LogP contribution in [0.4, 0.5) is 11.5 Å². The predicted octanol–water partition coefficient (Wildman–Crippen LogP) is 4.78. The van der Waals surface area contributed by atoms with Crippen LogP contribution in [0.2, 0.25) is 5.02 Å². The van der Waals surface area contributed by atoms with E-state index >= 15 is 0 Å². The third kappa shape index (κ3) is 5.49. The number of nitrogens with one attached hydrogen (secondary N) is 1. The first-order valence-electron chi connectivity index (χ1n) is 9.65. The van der Waals surface area contributed by atoms with Crippen LogP contribution >= 0.6 is 11.6 Å². The average molecular weight is 466 g/mol. The van der Waals surface area contributed by atoms with E-state index in [0.717, 1.165) is 6.20 Å². The van der Waals surface area contributed by atoms with Gasteiger partial charge in [0.05, 0.1) is 22.2 Å². The molecule has 2 aromatic carbocycles. The van der Waals surface area contributed by atoms with E-state index < -0.39 is 16.9 Å². The molecular weight excluding hydrogens is 450 g/mol. The molecule has 1 atom stereocenters. The number of halogens is 1. The van der Waals surface area contributed by atoms with Crippen LogP contribution < -0.4 is 14.8 Å². The molecule has 1 amide bonds. The number of carbonyl (C=O) groups is 1. The minimum atomic E-state index is -0.841. The lowest BCUT2D eigenvalue weighted by atomic mass is 10.3. The number of nitrogens with zero attached hydrogens (tertiary/aromatic N) is 4. The Morgan fingerprint density at radius 3 is 2.48 bits per heavy atom. The number of nitro groups is 1. The molecule has 0 fully saturated rings. The minimum Gasteiger partial charge on any atom is -0.481 e. The van der Waals surface area contributed by atoms with Crippen molar-refractivity contribution in [2.75, 3.05) is 5.32 Å². The number of aromatic nitrogens is 3. The Labute approximate surface area is 192 Å². The zero-order chi connectivity index (χ0) is 23.4. The second kappa shape index (κ2) is 9.45. The summed E-state index contributed by atoms with van der Waals surface area (Å²) >= 11 is 5.95. The molecule has 0 saturated carbocycles. The lowest BCUT2D eigenvalue weighted by Crippen LogP contribution is -2.30. The molecule has 0 radical (unpaired) electrons. The van der Waals surface area contributed by atoms with Crippen LogP contribution in [0.1, 0.15) is 6.92 Å². The highest BCUT2D eigenvalue weighted by Crippen LogP contribution is 2.25. The Balaban J connectivity index is 1.35. The number of carbonyl (C=O) groups excluding carboxylic acids is 1. The molecule has 2 heterocycles. The van der Waals surface area contributed by atoms with Crippen LogP contribution in [0.3, 0.4) is 0 Å². The second-order valence-corrected chi connectivity index (χ2v) is 7.26. The van der Waals surface area contributed by atoms with Gasteiger partial charge in [-0.25, -0.2) is 15.0 Å². The van der Waals surface area contributed by atoms with Crippen molar-refractivity contribution in [3.8, 4) is 17.4 Å². The van der Waals surface area contributed by atoms with Gasteiger partial charge in [0.2, 0.25) is 5.88 Å². The topological polar surface area (TPSA) is 129 Å². The van der Waals surface area contributed by atoms with Gasteiger partial charge in [-0.2, -0.15) is 0 Å². The van der Waals surface area contributed by atoms with Crippen LogP contribution in [-0.4, -0.2) is 31.9 Å². The molecule has 4 aromatic rings. The number of ether oxygens (including phenoxy) is 2. The molecule has 0 aliphatic heterocycles. The van der Waals surface area contributed by atoms with Gasteiger partial charge in [-0.3, -0.25) is 14.9 Å². The maximum atomic E-state index is 12.3. The largest absolute Gasteiger partial charge is 0.481 e. The molecule has 1 N–H and O–H groups in total. The third-order valence-electron chi connectivity index (χ3n) is 4.42. The van der Waals surface area contributed by atoms with E-state index in [-0.39, 0.29) is 11.5 Å². The van der Waals surface area contributed by atoms with Gasteiger partial charge in [0.15, 0.2) is 6.10 Å². The van der Waals surface area contributed by atoms with Gasteiger partial charge >= 0.3 is 0 Å². The van der Waals surface area contributed by atoms with Gasteiger partial charge in [0, 0.05) is 11.1 Å². The standard InChI is InChI=1S/C22H16ClN5O5/c1-13(22(29)27-20-9-3-15(11-25-20)28(30)31)32-16-4-6-17(7-5-16)33-21-12-24-19-10-14(23)2-8-18(19)26-21/h2-13H,1H3,(H,25,27,29). The lowest BCUT2D eigenvalue weighted by Gasteiger charge is -2.14. The van der Waals surface area contributed by atoms with Crippen molar-refractivity contribution in [2.45, 2.75) is 13.0 Å². The number of rotatable bonds is 7. The molecule has 1 unspecified atom stereocenters. The highest BCUT2D eigenvalue weighted by atomic mass is 35.5. The van der Waals surface area contributed by atoms with Crippen LogP contribution in [0.5, 0.6) is 17.4 Å². The Morgan fingerprint density at radius 1 is 1.03 bits per heavy atom. The van der Waals surface area contributed by atoms with Crippen LogP contribution in [-0.2, 0) is 4.79 Å². The summed E-state index contributed by atoms with van der Waals surface area (Å²) in [6.07, 6.45) is 1.73. The first-order valence-corrected chi connectivity index (χ1v) is 10.0. The van der Waals surface area contributed by atoms with Crippen LogP contribution in [0, 0.1) is 10.1 Å². The fourth-order valence-electron chi connectivity index (χ4n) is 2.78. The number of hydrogen-bond acceptors (Lipinski definition) is 8. The maximum absolute atomic E-state index is 12.3. The molecule has 166 valence electrons. The van der Waals surface area contributed by atoms with Gasteiger partial charge in [0.1, 0.15) is 23.5 Å². The molecule has 11 heteroatoms. The van der Waals surface area contributed by atoms with Crippen molar-refractivity contribution < 1.29 is 19.2 Å². The summed E-state index contributed by atoms with van der Waals surface area (Å²) in [6.45, 7) is 1.57. The summed E-state index contributed by atoms with van der Waals surface area (Å²) in [7, 11) is 0. The first-order chi connectivity index (χ1) is 15.9. The van der Waals surface area contributed by atoms with Crippen molar-refractivity contribution >= 4 is 40.0 Å². The first kappa shape index (κ1) is 21.9. The summed E-state index contributed by atoms with van der Waals surface area (Å²) in [4.78, 5) is 34.9. The van der Waals surface area contributed by atoms with E-state index in [1.54, 1.807) is 49.4 Å². The Bertz CT molecular complexity index is 1320. The third-order valence-corrected chi connectivity index (χ3v) is 4.66. The number of amides is 1. The quantitative estimate of drug-likeness (QED) is 0.304. The van der Waals surface area contributed by atoms with E-state index in [4.69, 9.17) is 21.1 Å². The Hall–Kier alpha value is -4.31. The van der Waals surface area contributed by atoms with E-state index in [1.807, 2.05) is 0 Å². The molecule has 10 nitrogen and oxygen atoms in total. The molecule has 0 bridgehead atoms. The summed E-state index contributed by atoms with van der Waals surface area (Å²) in [5.74, 6) is 1.01. The zero-order valence-electron chi connectivity index (χ0n) is 17.1. The highest BCUT2D eigenvalue weighted by Gasteiger charge is 2.16. The fourth-order valence-corrected chi connectivity index (χ4v) is 2.94. The van der Waals surface area contributed by atoms with E-state index in [9.17, 15) is 14.9 Å². The summed E-state index contributed by atoms with van der Waals surface area (Å²) in [5, 5.41) is 13.8. The van der Waals surface area contributed by atoms with Gasteiger partial charge in [-0.05, 0) is 55.5 Å². The SMILES string of the molecule is CC(Oc1ccc(Oc2cnc3cc(Cl)ccc3n2)cc1)C(=O)Nc1ccc([N+](=O)[O-])cn1. The predicted molar refractivity (Wildman–Crippen MR) is 121 cm³/mol. The highest BCUT2D eigenvalue weighted by molar-refractivity contribution is 6.31. The van der Waals surface area contributed by atoms with Crippen LogP contribution in [0.25, 0.3) is 11.0 Å². The van der Waals surface area contributed by atoms with Gasteiger partial charge in [-0.1, -0.05) is 11.6 Å². The van der Waals surface area contributed by atoms with Crippen molar-refractivity contribution in [3.63, 3.8) is 0 Å². The van der Waals surface area contributed by atoms with E-state index in [2.05, 4.69) is 20.3 Å². The Morgan fingerprint density at radius 2 is 1.79 bits per heavy atom. The molecule has 0 aliphatic rings. The van der Waals surface area contributed by atoms with E-state index in [0.29, 0.717) is 33.4 Å². The smallest absolute Gasteiger partial charge is 0.287 e. The molecular formula is C22H16ClN5O5. The number of pyridine rings is 1. The zero-order valence-corrected chi connectivity index (χ0v) is 17.9. The van der Waals surface area contributed by atoms with Crippen molar-refractivity contribution in [1.82, 2.24) is 15.0 Å².